The van der Waals surface area contributed by atoms with Gasteiger partial charge in [0.25, 0.3) is 0 Å². The van der Waals surface area contributed by atoms with Crippen LogP contribution in [0, 0.1) is 5.92 Å². The average molecular weight is 293 g/mol. The van der Waals surface area contributed by atoms with Crippen LogP contribution in [0.25, 0.3) is 0 Å². The van der Waals surface area contributed by atoms with E-state index in [0.717, 1.165) is 17.7 Å². The topological polar surface area (TPSA) is 62.3 Å². The first-order valence-electron chi connectivity index (χ1n) is 7.00. The quantitative estimate of drug-likeness (QED) is 0.919. The van der Waals surface area contributed by atoms with Crippen molar-refractivity contribution in [2.24, 2.45) is 5.92 Å². The van der Waals surface area contributed by atoms with Crippen LogP contribution in [0.5, 0.6) is 0 Å². The van der Waals surface area contributed by atoms with Crippen LogP contribution >= 0.6 is 11.3 Å². The van der Waals surface area contributed by atoms with E-state index in [1.807, 2.05) is 18.7 Å². The Morgan fingerprint density at radius 3 is 2.85 bits per heavy atom. The molecule has 6 heteroatoms. The molecular weight excluding hydrogens is 274 g/mol. The second kappa shape index (κ2) is 4.84. The van der Waals surface area contributed by atoms with Crippen LogP contribution in [0.4, 0.5) is 0 Å². The van der Waals surface area contributed by atoms with Gasteiger partial charge in [-0.05, 0) is 32.6 Å². The van der Waals surface area contributed by atoms with Crippen molar-refractivity contribution >= 4 is 23.2 Å². The first kappa shape index (κ1) is 13.5. The Labute approximate surface area is 122 Å². The molecular formula is C14H19N3O2S. The Bertz CT molecular complexity index is 527. The predicted octanol–water partition coefficient (Wildman–Crippen LogP) is 1.55. The van der Waals surface area contributed by atoms with Gasteiger partial charge in [-0.3, -0.25) is 14.6 Å². The van der Waals surface area contributed by atoms with Gasteiger partial charge in [-0.1, -0.05) is 0 Å². The zero-order valence-corrected chi connectivity index (χ0v) is 12.6. The molecule has 108 valence electrons. The lowest BCUT2D eigenvalue weighted by Gasteiger charge is -2.34. The van der Waals surface area contributed by atoms with Gasteiger partial charge in [-0.15, -0.1) is 11.3 Å². The van der Waals surface area contributed by atoms with E-state index in [4.69, 9.17) is 0 Å². The van der Waals surface area contributed by atoms with E-state index in [-0.39, 0.29) is 23.8 Å². The second-order valence-corrected chi connectivity index (χ2v) is 6.95. The summed E-state index contributed by atoms with van der Waals surface area (Å²) in [6.07, 6.45) is 4.20. The number of nitrogens with zero attached hydrogens (tertiary/aromatic N) is 2. The molecule has 3 rings (SSSR count). The Morgan fingerprint density at radius 2 is 2.25 bits per heavy atom. The fourth-order valence-electron chi connectivity index (χ4n) is 2.92. The second-order valence-electron chi connectivity index (χ2n) is 5.98. The third-order valence-corrected chi connectivity index (χ3v) is 5.08. The lowest BCUT2D eigenvalue weighted by atomic mass is 9.94. The van der Waals surface area contributed by atoms with E-state index in [2.05, 4.69) is 10.3 Å². The summed E-state index contributed by atoms with van der Waals surface area (Å²) in [7, 11) is 0. The number of carbonyl (C=O) groups excluding carboxylic acids is 2. The van der Waals surface area contributed by atoms with Crippen molar-refractivity contribution in [1.29, 1.82) is 0 Å². The van der Waals surface area contributed by atoms with Crippen molar-refractivity contribution in [3.63, 3.8) is 0 Å². The van der Waals surface area contributed by atoms with Crippen LogP contribution in [0.3, 0.4) is 0 Å². The van der Waals surface area contributed by atoms with Gasteiger partial charge in [0.15, 0.2) is 0 Å². The fraction of sp³-hybridized carbons (Fsp3) is 0.643. The van der Waals surface area contributed by atoms with Crippen LogP contribution in [-0.4, -0.2) is 33.3 Å². The van der Waals surface area contributed by atoms with Crippen molar-refractivity contribution in [2.45, 2.75) is 51.2 Å². The van der Waals surface area contributed by atoms with Crippen LogP contribution in [-0.2, 0) is 16.1 Å². The maximum atomic E-state index is 12.9. The van der Waals surface area contributed by atoms with E-state index in [0.29, 0.717) is 13.0 Å². The molecule has 1 saturated heterocycles. The maximum absolute atomic E-state index is 12.9. The largest absolute Gasteiger partial charge is 0.342 e. The molecule has 1 aromatic rings. The number of amides is 2. The summed E-state index contributed by atoms with van der Waals surface area (Å²) in [5.74, 6) is 0.312. The molecule has 0 radical (unpaired) electrons. The average Bonchev–Trinajstić information content (AvgIpc) is 3.13. The number of hydrogen-bond acceptors (Lipinski definition) is 4. The first-order valence-corrected chi connectivity index (χ1v) is 7.88. The Morgan fingerprint density at radius 1 is 1.50 bits per heavy atom. The number of carbonyl (C=O) groups is 2. The summed E-state index contributed by atoms with van der Waals surface area (Å²) in [6, 6.07) is -0.0785. The third kappa shape index (κ3) is 2.32. The smallest absolute Gasteiger partial charge is 0.248 e. The molecule has 1 aliphatic heterocycles. The monoisotopic (exact) mass is 293 g/mol. The molecule has 2 fully saturated rings. The molecule has 2 heterocycles. The van der Waals surface area contributed by atoms with Gasteiger partial charge < -0.3 is 10.2 Å². The standard InChI is InChI=1S/C14H19N3O2S/c1-9-5-12(18)16-14(2,10-3-4-10)13(19)17(9)7-11-6-15-8-20-11/h6,8-10H,3-5,7H2,1-2H3,(H,16,18). The zero-order chi connectivity index (χ0) is 14.3. The third-order valence-electron chi connectivity index (χ3n) is 4.32. The van der Waals surface area contributed by atoms with Crippen LogP contribution in [0.15, 0.2) is 11.7 Å². The zero-order valence-electron chi connectivity index (χ0n) is 11.8. The molecule has 1 aliphatic carbocycles. The maximum Gasteiger partial charge on any atom is 0.248 e. The van der Waals surface area contributed by atoms with E-state index in [9.17, 15) is 9.59 Å². The molecule has 0 bridgehead atoms. The molecule has 2 amide bonds. The normalized spacial score (nSPS) is 31.1. The molecule has 0 spiro atoms. The Balaban J connectivity index is 1.89. The molecule has 2 atom stereocenters. The summed E-state index contributed by atoms with van der Waals surface area (Å²) in [6.45, 7) is 4.36. The van der Waals surface area contributed by atoms with Crippen molar-refractivity contribution in [2.75, 3.05) is 0 Å². The van der Waals surface area contributed by atoms with Crippen molar-refractivity contribution in [3.05, 3.63) is 16.6 Å². The van der Waals surface area contributed by atoms with Gasteiger partial charge in [0.05, 0.1) is 12.1 Å². The van der Waals surface area contributed by atoms with E-state index in [1.165, 1.54) is 0 Å². The molecule has 2 unspecified atom stereocenters. The molecule has 2 aliphatic rings. The molecule has 0 aromatic carbocycles. The predicted molar refractivity (Wildman–Crippen MR) is 76.0 cm³/mol. The molecule has 1 aromatic heterocycles. The lowest BCUT2D eigenvalue weighted by Crippen LogP contribution is -2.57. The summed E-state index contributed by atoms with van der Waals surface area (Å²) >= 11 is 1.54. The summed E-state index contributed by atoms with van der Waals surface area (Å²) in [5.41, 5.74) is 1.04. The van der Waals surface area contributed by atoms with Gasteiger partial charge >= 0.3 is 0 Å². The highest BCUT2D eigenvalue weighted by atomic mass is 32.1. The summed E-state index contributed by atoms with van der Waals surface area (Å²) < 4.78 is 0. The van der Waals surface area contributed by atoms with Gasteiger partial charge in [-0.2, -0.15) is 0 Å². The SMILES string of the molecule is CC1CC(=O)NC(C)(C2CC2)C(=O)N1Cc1cncs1. The molecule has 20 heavy (non-hydrogen) atoms. The van der Waals surface area contributed by atoms with Crippen LogP contribution in [0.2, 0.25) is 0 Å². The number of aromatic nitrogens is 1. The van der Waals surface area contributed by atoms with E-state index >= 15 is 0 Å². The highest BCUT2D eigenvalue weighted by molar-refractivity contribution is 7.09. The van der Waals surface area contributed by atoms with Gasteiger partial charge in [0.1, 0.15) is 5.54 Å². The van der Waals surface area contributed by atoms with Gasteiger partial charge in [0, 0.05) is 23.5 Å². The highest BCUT2D eigenvalue weighted by Crippen LogP contribution is 2.42. The summed E-state index contributed by atoms with van der Waals surface area (Å²) in [4.78, 5) is 31.9. The fourth-order valence-corrected chi connectivity index (χ4v) is 3.52. The first-order chi connectivity index (χ1) is 9.50. The minimum atomic E-state index is -0.730. The highest BCUT2D eigenvalue weighted by Gasteiger charge is 2.52. The summed E-state index contributed by atoms with van der Waals surface area (Å²) in [5, 5.41) is 2.96. The minimum Gasteiger partial charge on any atom is -0.342 e. The lowest BCUT2D eigenvalue weighted by molar-refractivity contribution is -0.140. The number of thiazole rings is 1. The molecule has 5 nitrogen and oxygen atoms in total. The minimum absolute atomic E-state index is 0.0212. The van der Waals surface area contributed by atoms with E-state index < -0.39 is 5.54 Å². The van der Waals surface area contributed by atoms with Gasteiger partial charge in [-0.25, -0.2) is 0 Å². The molecule has 1 N–H and O–H groups in total. The van der Waals surface area contributed by atoms with Crippen molar-refractivity contribution in [1.82, 2.24) is 15.2 Å². The van der Waals surface area contributed by atoms with Crippen LogP contribution in [0.1, 0.15) is 38.0 Å². The number of nitrogens with one attached hydrogen (secondary N) is 1. The number of hydrogen-bond donors (Lipinski definition) is 1. The number of rotatable bonds is 3. The van der Waals surface area contributed by atoms with Gasteiger partial charge in [0.2, 0.25) is 11.8 Å². The van der Waals surface area contributed by atoms with Crippen molar-refractivity contribution < 1.29 is 9.59 Å². The Hall–Kier alpha value is -1.43. The molecule has 1 saturated carbocycles. The Kier molecular flexibility index (Phi) is 3.28. The van der Waals surface area contributed by atoms with Crippen molar-refractivity contribution in [3.8, 4) is 0 Å². The van der Waals surface area contributed by atoms with Crippen LogP contribution < -0.4 is 5.32 Å². The van der Waals surface area contributed by atoms with E-state index in [1.54, 1.807) is 23.0 Å².